The first-order chi connectivity index (χ1) is 9.94. The lowest BCUT2D eigenvalue weighted by Gasteiger charge is -2.25. The maximum absolute atomic E-state index is 13.2. The average molecular weight is 296 g/mol. The summed E-state index contributed by atoms with van der Waals surface area (Å²) in [7, 11) is 3.90. The molecule has 116 valence electrons. The van der Waals surface area contributed by atoms with E-state index in [9.17, 15) is 9.18 Å². The molecule has 0 bridgehead atoms. The molecule has 1 heterocycles. The molecule has 0 amide bonds. The van der Waals surface area contributed by atoms with E-state index in [0.717, 1.165) is 12.1 Å². The third kappa shape index (κ3) is 4.68. The van der Waals surface area contributed by atoms with Crippen molar-refractivity contribution >= 4 is 5.97 Å². The van der Waals surface area contributed by atoms with Crippen molar-refractivity contribution in [1.82, 2.24) is 9.80 Å². The second kappa shape index (κ2) is 6.87. The summed E-state index contributed by atoms with van der Waals surface area (Å²) < 4.78 is 18.9. The number of ether oxygens (including phenoxy) is 1. The molecule has 0 aromatic heterocycles. The van der Waals surface area contributed by atoms with Gasteiger partial charge in [-0.05, 0) is 32.3 Å². The summed E-state index contributed by atoms with van der Waals surface area (Å²) in [4.78, 5) is 14.8. The standard InChI is InChI=1S/C15H21FN2O3/c1-17(2)5-6-18(10-15(19)20)9-13-8-11-7-12(16)3-4-14(11)21-13/h3-4,7,13H,5-6,8-10H2,1-2H3,(H,19,20). The van der Waals surface area contributed by atoms with Gasteiger partial charge in [-0.25, -0.2) is 4.39 Å². The molecule has 0 radical (unpaired) electrons. The van der Waals surface area contributed by atoms with Gasteiger partial charge >= 0.3 is 5.97 Å². The molecule has 1 N–H and O–H groups in total. The highest BCUT2D eigenvalue weighted by atomic mass is 19.1. The zero-order valence-corrected chi connectivity index (χ0v) is 12.4. The first kappa shape index (κ1) is 15.7. The summed E-state index contributed by atoms with van der Waals surface area (Å²) in [6.45, 7) is 1.94. The SMILES string of the molecule is CN(C)CCN(CC(=O)O)CC1Cc2cc(F)ccc2O1. The lowest BCUT2D eigenvalue weighted by molar-refractivity contribution is -0.138. The topological polar surface area (TPSA) is 53.0 Å². The van der Waals surface area contributed by atoms with Gasteiger partial charge in [-0.15, -0.1) is 0 Å². The van der Waals surface area contributed by atoms with E-state index in [1.807, 2.05) is 23.9 Å². The summed E-state index contributed by atoms with van der Waals surface area (Å²) in [6, 6.07) is 4.49. The number of carboxylic acid groups (broad SMARTS) is 1. The molecule has 1 aliphatic heterocycles. The van der Waals surface area contributed by atoms with E-state index in [1.54, 1.807) is 6.07 Å². The number of aliphatic carboxylic acids is 1. The van der Waals surface area contributed by atoms with Gasteiger partial charge in [-0.2, -0.15) is 0 Å². The van der Waals surface area contributed by atoms with Gasteiger partial charge in [0.25, 0.3) is 0 Å². The molecule has 0 aliphatic carbocycles. The molecular weight excluding hydrogens is 275 g/mol. The summed E-state index contributed by atoms with van der Waals surface area (Å²) >= 11 is 0. The highest BCUT2D eigenvalue weighted by molar-refractivity contribution is 5.69. The van der Waals surface area contributed by atoms with Gasteiger partial charge in [0.2, 0.25) is 0 Å². The lowest BCUT2D eigenvalue weighted by Crippen LogP contribution is -2.41. The molecule has 2 rings (SSSR count). The van der Waals surface area contributed by atoms with E-state index in [4.69, 9.17) is 9.84 Å². The largest absolute Gasteiger partial charge is 0.488 e. The van der Waals surface area contributed by atoms with Crippen LogP contribution in [0.15, 0.2) is 18.2 Å². The first-order valence-corrected chi connectivity index (χ1v) is 6.98. The lowest BCUT2D eigenvalue weighted by atomic mass is 10.1. The average Bonchev–Trinajstić information content (AvgIpc) is 2.76. The fourth-order valence-corrected chi connectivity index (χ4v) is 2.45. The van der Waals surface area contributed by atoms with E-state index in [0.29, 0.717) is 25.3 Å². The zero-order chi connectivity index (χ0) is 15.4. The van der Waals surface area contributed by atoms with Gasteiger partial charge in [-0.1, -0.05) is 0 Å². The minimum absolute atomic E-state index is 0.0155. The molecule has 1 aromatic carbocycles. The second-order valence-electron chi connectivity index (χ2n) is 5.63. The summed E-state index contributed by atoms with van der Waals surface area (Å²) in [5, 5.41) is 8.99. The Balaban J connectivity index is 1.93. The van der Waals surface area contributed by atoms with Crippen LogP contribution < -0.4 is 4.74 Å². The smallest absolute Gasteiger partial charge is 0.317 e. The second-order valence-corrected chi connectivity index (χ2v) is 5.63. The van der Waals surface area contributed by atoms with Crippen LogP contribution in [0.1, 0.15) is 5.56 Å². The zero-order valence-electron chi connectivity index (χ0n) is 12.4. The number of fused-ring (bicyclic) bond motifs is 1. The Labute approximate surface area is 123 Å². The minimum Gasteiger partial charge on any atom is -0.488 e. The number of hydrogen-bond donors (Lipinski definition) is 1. The van der Waals surface area contributed by atoms with Crippen molar-refractivity contribution in [2.75, 3.05) is 40.3 Å². The van der Waals surface area contributed by atoms with Crippen molar-refractivity contribution in [2.24, 2.45) is 0 Å². The number of carboxylic acids is 1. The summed E-state index contributed by atoms with van der Waals surface area (Å²) in [5.74, 6) is -0.424. The molecular formula is C15H21FN2O3. The van der Waals surface area contributed by atoms with Crippen LogP contribution in [0, 0.1) is 5.82 Å². The Morgan fingerprint density at radius 2 is 2.19 bits per heavy atom. The number of benzene rings is 1. The Morgan fingerprint density at radius 1 is 1.43 bits per heavy atom. The quantitative estimate of drug-likeness (QED) is 0.816. The predicted octanol–water partition coefficient (Wildman–Crippen LogP) is 1.08. The third-order valence-electron chi connectivity index (χ3n) is 3.45. The van der Waals surface area contributed by atoms with Crippen LogP contribution in [0.25, 0.3) is 0 Å². The Hall–Kier alpha value is -1.66. The molecule has 0 spiro atoms. The van der Waals surface area contributed by atoms with E-state index >= 15 is 0 Å². The molecule has 0 saturated carbocycles. The molecule has 1 aromatic rings. The molecule has 1 unspecified atom stereocenters. The molecule has 1 aliphatic rings. The van der Waals surface area contributed by atoms with Crippen LogP contribution in [0.5, 0.6) is 5.75 Å². The number of nitrogens with zero attached hydrogens (tertiary/aromatic N) is 2. The van der Waals surface area contributed by atoms with Crippen molar-refractivity contribution in [3.8, 4) is 5.75 Å². The Bertz CT molecular complexity index is 508. The van der Waals surface area contributed by atoms with E-state index in [-0.39, 0.29) is 18.5 Å². The maximum Gasteiger partial charge on any atom is 0.317 e. The monoisotopic (exact) mass is 296 g/mol. The van der Waals surface area contributed by atoms with Crippen LogP contribution in [0.3, 0.4) is 0 Å². The molecule has 21 heavy (non-hydrogen) atoms. The Kier molecular flexibility index (Phi) is 5.14. The van der Waals surface area contributed by atoms with Crippen LogP contribution in [0.2, 0.25) is 0 Å². The van der Waals surface area contributed by atoms with Crippen molar-refractivity contribution < 1.29 is 19.0 Å². The van der Waals surface area contributed by atoms with Gasteiger partial charge in [0.05, 0.1) is 6.54 Å². The van der Waals surface area contributed by atoms with Gasteiger partial charge < -0.3 is 14.7 Å². The summed E-state index contributed by atoms with van der Waals surface area (Å²) in [5.41, 5.74) is 0.850. The summed E-state index contributed by atoms with van der Waals surface area (Å²) in [6.07, 6.45) is 0.494. The van der Waals surface area contributed by atoms with E-state index in [2.05, 4.69) is 0 Å². The number of halogens is 1. The Morgan fingerprint density at radius 3 is 2.86 bits per heavy atom. The van der Waals surface area contributed by atoms with Gasteiger partial charge in [0.15, 0.2) is 0 Å². The number of carbonyl (C=O) groups is 1. The van der Waals surface area contributed by atoms with Gasteiger partial charge in [0.1, 0.15) is 17.7 Å². The number of rotatable bonds is 7. The molecule has 0 fully saturated rings. The number of likely N-dealkylation sites (N-methyl/N-ethyl adjacent to an activating group) is 1. The van der Waals surface area contributed by atoms with Crippen molar-refractivity contribution in [3.05, 3.63) is 29.6 Å². The van der Waals surface area contributed by atoms with E-state index in [1.165, 1.54) is 12.1 Å². The molecule has 0 saturated heterocycles. The van der Waals surface area contributed by atoms with Crippen LogP contribution in [0.4, 0.5) is 4.39 Å². The molecule has 5 nitrogen and oxygen atoms in total. The van der Waals surface area contributed by atoms with Crippen LogP contribution in [-0.4, -0.2) is 67.3 Å². The maximum atomic E-state index is 13.2. The molecule has 1 atom stereocenters. The van der Waals surface area contributed by atoms with E-state index < -0.39 is 5.97 Å². The minimum atomic E-state index is -0.852. The fourth-order valence-electron chi connectivity index (χ4n) is 2.45. The van der Waals surface area contributed by atoms with Crippen molar-refractivity contribution in [1.29, 1.82) is 0 Å². The van der Waals surface area contributed by atoms with Gasteiger partial charge in [-0.3, -0.25) is 9.69 Å². The number of hydrogen-bond acceptors (Lipinski definition) is 4. The van der Waals surface area contributed by atoms with Crippen LogP contribution >= 0.6 is 0 Å². The molecule has 6 heteroatoms. The van der Waals surface area contributed by atoms with Crippen molar-refractivity contribution in [2.45, 2.75) is 12.5 Å². The highest BCUT2D eigenvalue weighted by Gasteiger charge is 2.26. The van der Waals surface area contributed by atoms with Gasteiger partial charge in [0, 0.05) is 31.6 Å². The van der Waals surface area contributed by atoms with Crippen LogP contribution in [-0.2, 0) is 11.2 Å². The third-order valence-corrected chi connectivity index (χ3v) is 3.45. The normalized spacial score (nSPS) is 17.1. The first-order valence-electron chi connectivity index (χ1n) is 6.98. The van der Waals surface area contributed by atoms with Crippen molar-refractivity contribution in [3.63, 3.8) is 0 Å². The highest BCUT2D eigenvalue weighted by Crippen LogP contribution is 2.29. The fraction of sp³-hybridized carbons (Fsp3) is 0.533. The predicted molar refractivity (Wildman–Crippen MR) is 77.1 cm³/mol.